The molecule has 0 amide bonds. The molecule has 0 bridgehead atoms. The molecule has 0 unspecified atom stereocenters. The lowest BCUT2D eigenvalue weighted by molar-refractivity contribution is -0.0800. The smallest absolute Gasteiger partial charge is 0.208 e. The van der Waals surface area contributed by atoms with Crippen LogP contribution in [0.25, 0.3) is 0 Å². The van der Waals surface area contributed by atoms with Gasteiger partial charge in [0.15, 0.2) is 5.17 Å². The number of ether oxygens (including phenoxy) is 1. The molecular formula is C16H16N4O2S. The van der Waals surface area contributed by atoms with Gasteiger partial charge in [-0.25, -0.2) is 0 Å². The van der Waals surface area contributed by atoms with E-state index in [1.54, 1.807) is 18.2 Å². The van der Waals surface area contributed by atoms with Gasteiger partial charge in [0.25, 0.3) is 0 Å². The molecule has 2 aliphatic heterocycles. The molecule has 118 valence electrons. The van der Waals surface area contributed by atoms with Crippen LogP contribution >= 0.6 is 11.8 Å². The standard InChI is InChI=1S/C16H16N4O2S/c1-16(2)14(21)13(20-5-6-23-15(20)19-9-18)11-7-10(8-17)3-4-12(11)22-16/h3-4,7,13-14,21H,5-6H2,1-2H3/b19-15+/t13-,14+/m0/s1. The second-order valence-electron chi connectivity index (χ2n) is 6.00. The number of hydrogen-bond donors (Lipinski definition) is 1. The molecule has 0 radical (unpaired) electrons. The van der Waals surface area contributed by atoms with Gasteiger partial charge in [-0.1, -0.05) is 11.8 Å². The predicted octanol–water partition coefficient (Wildman–Crippen LogP) is 2.02. The second-order valence-corrected chi connectivity index (χ2v) is 7.06. The number of aliphatic hydroxyl groups excluding tert-OH is 1. The summed E-state index contributed by atoms with van der Waals surface area (Å²) in [6, 6.07) is 6.92. The molecule has 2 aliphatic rings. The Hall–Kier alpha value is -2.22. The third kappa shape index (κ3) is 2.63. The fourth-order valence-electron chi connectivity index (χ4n) is 2.99. The van der Waals surface area contributed by atoms with E-state index in [0.29, 0.717) is 23.0 Å². The maximum Gasteiger partial charge on any atom is 0.208 e. The third-order valence-corrected chi connectivity index (χ3v) is 5.10. The number of nitrogens with zero attached hydrogens (tertiary/aromatic N) is 4. The lowest BCUT2D eigenvalue weighted by atomic mass is 9.85. The Labute approximate surface area is 139 Å². The molecule has 6 nitrogen and oxygen atoms in total. The average molecular weight is 328 g/mol. The van der Waals surface area contributed by atoms with E-state index >= 15 is 0 Å². The van der Waals surface area contributed by atoms with Gasteiger partial charge in [0, 0.05) is 17.9 Å². The Morgan fingerprint density at radius 2 is 2.22 bits per heavy atom. The average Bonchev–Trinajstić information content (AvgIpc) is 2.96. The topological polar surface area (TPSA) is 92.6 Å². The van der Waals surface area contributed by atoms with Gasteiger partial charge in [-0.15, -0.1) is 4.99 Å². The Bertz CT molecular complexity index is 747. The van der Waals surface area contributed by atoms with Crippen LogP contribution < -0.4 is 4.74 Å². The highest BCUT2D eigenvalue weighted by molar-refractivity contribution is 8.14. The van der Waals surface area contributed by atoms with E-state index in [9.17, 15) is 5.11 Å². The van der Waals surface area contributed by atoms with Gasteiger partial charge in [-0.05, 0) is 32.0 Å². The van der Waals surface area contributed by atoms with E-state index < -0.39 is 17.7 Å². The molecule has 7 heteroatoms. The number of thioether (sulfide) groups is 1. The number of benzene rings is 1. The highest BCUT2D eigenvalue weighted by Gasteiger charge is 2.47. The van der Waals surface area contributed by atoms with E-state index in [0.717, 1.165) is 11.3 Å². The minimum Gasteiger partial charge on any atom is -0.485 e. The van der Waals surface area contributed by atoms with Gasteiger partial charge in [0.05, 0.1) is 17.7 Å². The van der Waals surface area contributed by atoms with Gasteiger partial charge >= 0.3 is 0 Å². The normalized spacial score (nSPS) is 27.0. The summed E-state index contributed by atoms with van der Waals surface area (Å²) in [6.45, 7) is 4.34. The Morgan fingerprint density at radius 1 is 1.43 bits per heavy atom. The van der Waals surface area contributed by atoms with E-state index in [-0.39, 0.29) is 0 Å². The van der Waals surface area contributed by atoms with Crippen molar-refractivity contribution in [2.24, 2.45) is 4.99 Å². The van der Waals surface area contributed by atoms with Crippen LogP contribution in [0, 0.1) is 22.8 Å². The van der Waals surface area contributed by atoms with Crippen molar-refractivity contribution in [2.45, 2.75) is 31.6 Å². The highest BCUT2D eigenvalue weighted by atomic mass is 32.2. The molecule has 1 N–H and O–H groups in total. The number of aliphatic imine (C=N–C) groups is 1. The summed E-state index contributed by atoms with van der Waals surface area (Å²) in [5, 5.41) is 29.5. The number of fused-ring (bicyclic) bond motifs is 1. The highest BCUT2D eigenvalue weighted by Crippen LogP contribution is 2.45. The number of nitriles is 2. The van der Waals surface area contributed by atoms with Crippen molar-refractivity contribution in [2.75, 3.05) is 12.3 Å². The Kier molecular flexibility index (Phi) is 3.93. The summed E-state index contributed by atoms with van der Waals surface area (Å²) in [7, 11) is 0. The predicted molar refractivity (Wildman–Crippen MR) is 86.8 cm³/mol. The van der Waals surface area contributed by atoms with Crippen molar-refractivity contribution >= 4 is 16.9 Å². The van der Waals surface area contributed by atoms with Gasteiger partial charge in [-0.3, -0.25) is 0 Å². The Morgan fingerprint density at radius 3 is 2.91 bits per heavy atom. The van der Waals surface area contributed by atoms with Crippen LogP contribution in [-0.4, -0.2) is 39.2 Å². The summed E-state index contributed by atoms with van der Waals surface area (Å²) < 4.78 is 5.92. The molecule has 1 saturated heterocycles. The van der Waals surface area contributed by atoms with Gasteiger partial charge in [-0.2, -0.15) is 10.5 Å². The minimum absolute atomic E-state index is 0.399. The third-order valence-electron chi connectivity index (χ3n) is 4.13. The number of hydrogen-bond acceptors (Lipinski definition) is 6. The van der Waals surface area contributed by atoms with Crippen LogP contribution in [0.2, 0.25) is 0 Å². The van der Waals surface area contributed by atoms with Crippen LogP contribution in [0.5, 0.6) is 5.75 Å². The summed E-state index contributed by atoms with van der Waals surface area (Å²) >= 11 is 1.49. The molecule has 23 heavy (non-hydrogen) atoms. The first-order valence-electron chi connectivity index (χ1n) is 7.25. The molecule has 2 heterocycles. The fraction of sp³-hybridized carbons (Fsp3) is 0.438. The number of rotatable bonds is 1. The van der Waals surface area contributed by atoms with Crippen LogP contribution in [0.15, 0.2) is 23.2 Å². The molecular weight excluding hydrogens is 312 g/mol. The SMILES string of the molecule is CC1(C)Oc2ccc(C#N)cc2[C@H](N2CCS/C2=N/C#N)[C@H]1O. The molecule has 1 aromatic rings. The quantitative estimate of drug-likeness (QED) is 0.793. The summed E-state index contributed by atoms with van der Waals surface area (Å²) in [4.78, 5) is 5.81. The summed E-state index contributed by atoms with van der Waals surface area (Å²) in [6.07, 6.45) is 1.01. The first-order valence-corrected chi connectivity index (χ1v) is 8.24. The lowest BCUT2D eigenvalue weighted by Gasteiger charge is -2.45. The van der Waals surface area contributed by atoms with Gasteiger partial charge in [0.2, 0.25) is 6.19 Å². The van der Waals surface area contributed by atoms with E-state index in [1.807, 2.05) is 24.9 Å². The van der Waals surface area contributed by atoms with Crippen LogP contribution in [0.4, 0.5) is 0 Å². The molecule has 0 aromatic heterocycles. The van der Waals surface area contributed by atoms with Crippen LogP contribution in [0.1, 0.15) is 31.0 Å². The van der Waals surface area contributed by atoms with Crippen LogP contribution in [-0.2, 0) is 0 Å². The van der Waals surface area contributed by atoms with Crippen molar-refractivity contribution in [3.8, 4) is 18.0 Å². The Balaban J connectivity index is 2.13. The molecule has 0 saturated carbocycles. The fourth-order valence-corrected chi connectivity index (χ4v) is 3.93. The molecule has 2 atom stereocenters. The van der Waals surface area contributed by atoms with Crippen molar-refractivity contribution in [3.05, 3.63) is 29.3 Å². The minimum atomic E-state index is -0.813. The molecule has 0 spiro atoms. The first kappa shape index (κ1) is 15.7. The zero-order valence-electron chi connectivity index (χ0n) is 12.9. The van der Waals surface area contributed by atoms with Crippen molar-refractivity contribution in [1.82, 2.24) is 4.90 Å². The van der Waals surface area contributed by atoms with E-state index in [4.69, 9.17) is 15.3 Å². The maximum atomic E-state index is 10.9. The van der Waals surface area contributed by atoms with Gasteiger partial charge < -0.3 is 14.7 Å². The monoisotopic (exact) mass is 328 g/mol. The summed E-state index contributed by atoms with van der Waals surface area (Å²) in [5.74, 6) is 1.45. The van der Waals surface area contributed by atoms with E-state index in [2.05, 4.69) is 11.1 Å². The lowest BCUT2D eigenvalue weighted by Crippen LogP contribution is -2.53. The molecule has 1 aromatic carbocycles. The number of aliphatic hydroxyl groups is 1. The second kappa shape index (κ2) is 5.77. The molecule has 0 aliphatic carbocycles. The van der Waals surface area contributed by atoms with Crippen molar-refractivity contribution in [1.29, 1.82) is 10.5 Å². The zero-order valence-corrected chi connectivity index (χ0v) is 13.7. The van der Waals surface area contributed by atoms with E-state index in [1.165, 1.54) is 11.8 Å². The molecule has 3 rings (SSSR count). The first-order chi connectivity index (χ1) is 11.0. The van der Waals surface area contributed by atoms with Crippen molar-refractivity contribution in [3.63, 3.8) is 0 Å². The maximum absolute atomic E-state index is 10.9. The molecule has 1 fully saturated rings. The zero-order chi connectivity index (χ0) is 16.6. The van der Waals surface area contributed by atoms with Gasteiger partial charge in [0.1, 0.15) is 17.5 Å². The summed E-state index contributed by atoms with van der Waals surface area (Å²) in [5.41, 5.74) is 0.482. The largest absolute Gasteiger partial charge is 0.485 e. The van der Waals surface area contributed by atoms with Crippen LogP contribution in [0.3, 0.4) is 0 Å². The number of amidine groups is 1. The van der Waals surface area contributed by atoms with Crippen molar-refractivity contribution < 1.29 is 9.84 Å².